The van der Waals surface area contributed by atoms with E-state index in [9.17, 15) is 13.3 Å². The van der Waals surface area contributed by atoms with E-state index in [4.69, 9.17) is 16.3 Å². The molecule has 0 aliphatic rings. The van der Waals surface area contributed by atoms with E-state index in [2.05, 4.69) is 25.2 Å². The molecule has 1 heterocycles. The lowest BCUT2D eigenvalue weighted by Gasteiger charge is -2.15. The van der Waals surface area contributed by atoms with Gasteiger partial charge in [0.2, 0.25) is 0 Å². The lowest BCUT2D eigenvalue weighted by atomic mass is 10.3. The molecule has 11 heteroatoms. The van der Waals surface area contributed by atoms with Gasteiger partial charge in [0.25, 0.3) is 10.0 Å². The van der Waals surface area contributed by atoms with E-state index in [1.165, 1.54) is 25.3 Å². The molecule has 2 N–H and O–H groups in total. The van der Waals surface area contributed by atoms with Gasteiger partial charge in [-0.25, -0.2) is 18.4 Å². The van der Waals surface area contributed by atoms with Crippen LogP contribution >= 0.6 is 11.6 Å². The molecule has 0 saturated carbocycles. The number of benzene rings is 3. The number of halogens is 1. The predicted molar refractivity (Wildman–Crippen MR) is 124 cm³/mol. The van der Waals surface area contributed by atoms with Gasteiger partial charge >= 0.3 is 0 Å². The van der Waals surface area contributed by atoms with Crippen LogP contribution in [0.2, 0.25) is 5.02 Å². The van der Waals surface area contributed by atoms with Crippen LogP contribution in [0.25, 0.3) is 11.0 Å². The van der Waals surface area contributed by atoms with Crippen LogP contribution in [0.15, 0.2) is 76.8 Å². The van der Waals surface area contributed by atoms with Crippen molar-refractivity contribution in [1.82, 2.24) is 9.97 Å². The zero-order valence-electron chi connectivity index (χ0n) is 16.6. The topological polar surface area (TPSA) is 123 Å². The predicted octanol–water partition coefficient (Wildman–Crippen LogP) is 5.23. The Bertz CT molecular complexity index is 1430. The summed E-state index contributed by atoms with van der Waals surface area (Å²) in [4.78, 5) is 19.6. The molecule has 0 saturated heterocycles. The molecule has 0 spiro atoms. The lowest BCUT2D eigenvalue weighted by Crippen LogP contribution is -2.16. The van der Waals surface area contributed by atoms with Gasteiger partial charge in [0.1, 0.15) is 11.4 Å². The summed E-state index contributed by atoms with van der Waals surface area (Å²) in [6, 6.07) is 17.3. The van der Waals surface area contributed by atoms with Crippen LogP contribution in [0, 0.1) is 4.91 Å². The Morgan fingerprint density at radius 2 is 1.66 bits per heavy atom. The second kappa shape index (κ2) is 8.77. The fraction of sp³-hybridized carbons (Fsp3) is 0.0476. The molecule has 0 atom stereocenters. The van der Waals surface area contributed by atoms with Crippen LogP contribution < -0.4 is 14.8 Å². The number of nitroso groups, excluding NO2 is 1. The first-order valence-corrected chi connectivity index (χ1v) is 11.1. The highest BCUT2D eigenvalue weighted by molar-refractivity contribution is 7.92. The minimum atomic E-state index is -4.10. The van der Waals surface area contributed by atoms with Crippen molar-refractivity contribution in [2.75, 3.05) is 17.1 Å². The smallest absolute Gasteiger partial charge is 0.263 e. The molecule has 4 rings (SSSR count). The van der Waals surface area contributed by atoms with E-state index in [0.29, 0.717) is 27.5 Å². The van der Waals surface area contributed by atoms with Crippen LogP contribution in [0.5, 0.6) is 5.75 Å². The van der Waals surface area contributed by atoms with E-state index in [1.54, 1.807) is 42.5 Å². The standard InChI is InChI=1S/C21H16ClN5O4S/c1-31-14-9-10-16(22)19(12-14)25-20-21(24-18-8-3-2-7-17(18)23-20)27-32(29,30)15-6-4-5-13(11-15)26-28/h2-12H,1H3,(H,23,25)(H,24,27). The Morgan fingerprint density at radius 1 is 0.938 bits per heavy atom. The summed E-state index contributed by atoms with van der Waals surface area (Å²) >= 11 is 6.29. The van der Waals surface area contributed by atoms with Crippen molar-refractivity contribution in [3.05, 3.63) is 76.7 Å². The van der Waals surface area contributed by atoms with Crippen LogP contribution in [-0.2, 0) is 10.0 Å². The summed E-state index contributed by atoms with van der Waals surface area (Å²) in [5, 5.41) is 6.18. The fourth-order valence-electron chi connectivity index (χ4n) is 2.91. The van der Waals surface area contributed by atoms with E-state index in [1.807, 2.05) is 0 Å². The van der Waals surface area contributed by atoms with Gasteiger partial charge in [0.15, 0.2) is 11.6 Å². The van der Waals surface area contributed by atoms with Gasteiger partial charge in [0, 0.05) is 6.07 Å². The van der Waals surface area contributed by atoms with Gasteiger partial charge in [-0.05, 0) is 47.6 Å². The molecule has 0 fully saturated rings. The molecule has 1 aromatic heterocycles. The Labute approximate surface area is 188 Å². The largest absolute Gasteiger partial charge is 0.497 e. The first-order chi connectivity index (χ1) is 15.4. The quantitative estimate of drug-likeness (QED) is 0.355. The van der Waals surface area contributed by atoms with Gasteiger partial charge in [-0.2, -0.15) is 0 Å². The molecular formula is C21H16ClN5O4S. The van der Waals surface area contributed by atoms with Gasteiger partial charge in [-0.15, -0.1) is 4.91 Å². The SMILES string of the molecule is COc1ccc(Cl)c(Nc2nc3ccccc3nc2NS(=O)(=O)c2cccc(N=O)c2)c1. The molecule has 4 aromatic rings. The average molecular weight is 470 g/mol. The van der Waals surface area contributed by atoms with Gasteiger partial charge in [-0.1, -0.05) is 29.8 Å². The molecule has 9 nitrogen and oxygen atoms in total. The average Bonchev–Trinajstić information content (AvgIpc) is 2.80. The van der Waals surface area contributed by atoms with E-state index < -0.39 is 10.0 Å². The molecule has 0 unspecified atom stereocenters. The van der Waals surface area contributed by atoms with E-state index in [0.717, 1.165) is 6.07 Å². The number of hydrogen-bond donors (Lipinski definition) is 2. The first kappa shape index (κ1) is 21.5. The zero-order chi connectivity index (χ0) is 22.7. The number of nitrogens with zero attached hydrogens (tertiary/aromatic N) is 3. The van der Waals surface area contributed by atoms with Crippen molar-refractivity contribution in [3.63, 3.8) is 0 Å². The molecule has 0 aliphatic carbocycles. The Hall–Kier alpha value is -3.76. The van der Waals surface area contributed by atoms with Gasteiger partial charge < -0.3 is 10.1 Å². The number of methoxy groups -OCH3 is 1. The molecule has 0 bridgehead atoms. The van der Waals surface area contributed by atoms with Gasteiger partial charge in [-0.3, -0.25) is 4.72 Å². The highest BCUT2D eigenvalue weighted by Gasteiger charge is 2.20. The number of rotatable bonds is 7. The molecule has 0 amide bonds. The van der Waals surface area contributed by atoms with Gasteiger partial charge in [0.05, 0.1) is 33.7 Å². The summed E-state index contributed by atoms with van der Waals surface area (Å²) in [5.41, 5.74) is 1.46. The minimum Gasteiger partial charge on any atom is -0.497 e. The highest BCUT2D eigenvalue weighted by Crippen LogP contribution is 2.33. The number of fused-ring (bicyclic) bond motifs is 1. The number of sulfonamides is 1. The molecular weight excluding hydrogens is 454 g/mol. The Balaban J connectivity index is 1.80. The third kappa shape index (κ3) is 4.46. The van der Waals surface area contributed by atoms with Crippen LogP contribution in [0.3, 0.4) is 0 Å². The maximum Gasteiger partial charge on any atom is 0.263 e. The van der Waals surface area contributed by atoms with Crippen molar-refractivity contribution >= 4 is 55.7 Å². The Morgan fingerprint density at radius 3 is 2.34 bits per heavy atom. The minimum absolute atomic E-state index is 0.0148. The van der Waals surface area contributed by atoms with Crippen molar-refractivity contribution in [2.45, 2.75) is 4.90 Å². The monoisotopic (exact) mass is 469 g/mol. The van der Waals surface area contributed by atoms with Crippen molar-refractivity contribution in [3.8, 4) is 5.75 Å². The number of aromatic nitrogens is 2. The second-order valence-corrected chi connectivity index (χ2v) is 8.66. The van der Waals surface area contributed by atoms with E-state index in [-0.39, 0.29) is 22.2 Å². The maximum absolute atomic E-state index is 13.0. The molecule has 0 radical (unpaired) electrons. The highest BCUT2D eigenvalue weighted by atomic mass is 35.5. The molecule has 162 valence electrons. The number of para-hydroxylation sites is 2. The summed E-state index contributed by atoms with van der Waals surface area (Å²) < 4.78 is 33.6. The third-order valence-corrected chi connectivity index (χ3v) is 6.13. The van der Waals surface area contributed by atoms with E-state index >= 15 is 0 Å². The number of anilines is 3. The van der Waals surface area contributed by atoms with Crippen molar-refractivity contribution in [1.29, 1.82) is 0 Å². The number of nitrogens with one attached hydrogen (secondary N) is 2. The van der Waals surface area contributed by atoms with Crippen LogP contribution in [0.1, 0.15) is 0 Å². The summed E-state index contributed by atoms with van der Waals surface area (Å²) in [5.74, 6) is 0.630. The third-order valence-electron chi connectivity index (χ3n) is 4.46. The second-order valence-electron chi connectivity index (χ2n) is 6.57. The van der Waals surface area contributed by atoms with Crippen molar-refractivity contribution in [2.24, 2.45) is 5.18 Å². The summed E-state index contributed by atoms with van der Waals surface area (Å²) in [6.07, 6.45) is 0. The van der Waals surface area contributed by atoms with Crippen molar-refractivity contribution < 1.29 is 13.2 Å². The number of ether oxygens (including phenoxy) is 1. The zero-order valence-corrected chi connectivity index (χ0v) is 18.2. The van der Waals surface area contributed by atoms with Crippen LogP contribution in [0.4, 0.5) is 23.0 Å². The molecule has 3 aromatic carbocycles. The Kier molecular flexibility index (Phi) is 5.89. The molecule has 0 aliphatic heterocycles. The normalized spacial score (nSPS) is 11.2. The summed E-state index contributed by atoms with van der Waals surface area (Å²) in [7, 11) is -2.58. The summed E-state index contributed by atoms with van der Waals surface area (Å²) in [6.45, 7) is 0. The number of hydrogen-bond acceptors (Lipinski definition) is 8. The maximum atomic E-state index is 13.0. The van der Waals surface area contributed by atoms with Crippen LogP contribution in [-0.4, -0.2) is 25.5 Å². The molecule has 32 heavy (non-hydrogen) atoms. The lowest BCUT2D eigenvalue weighted by molar-refractivity contribution is 0.415. The fourth-order valence-corrected chi connectivity index (χ4v) is 4.12. The first-order valence-electron chi connectivity index (χ1n) is 9.23.